The van der Waals surface area contributed by atoms with Crippen molar-refractivity contribution in [1.82, 2.24) is 15.5 Å². The minimum Gasteiger partial charge on any atom is -0.475 e. The monoisotopic (exact) mass is 459 g/mol. The normalized spacial score (nSPS) is 18.3. The van der Waals surface area contributed by atoms with Gasteiger partial charge in [-0.15, -0.1) is 0 Å². The minimum absolute atomic E-state index is 0.00957. The van der Waals surface area contributed by atoms with Gasteiger partial charge in [-0.05, 0) is 43.3 Å². The first-order valence-electron chi connectivity index (χ1n) is 10.2. The number of carbonyl (C=O) groups excluding carboxylic acids is 2. The number of piperidine rings is 1. The van der Waals surface area contributed by atoms with E-state index in [1.807, 2.05) is 35.2 Å². The summed E-state index contributed by atoms with van der Waals surface area (Å²) in [7, 11) is 1.32. The second-order valence-electron chi connectivity index (χ2n) is 7.94. The molecule has 3 N–H and O–H groups in total. The summed E-state index contributed by atoms with van der Waals surface area (Å²) in [5.41, 5.74) is 1.27. The van der Waals surface area contributed by atoms with Crippen molar-refractivity contribution >= 4 is 18.0 Å². The molecule has 11 heteroatoms. The molecule has 0 saturated carbocycles. The van der Waals surface area contributed by atoms with Crippen molar-refractivity contribution in [2.24, 2.45) is 5.41 Å². The van der Waals surface area contributed by atoms with Crippen molar-refractivity contribution in [3.8, 4) is 0 Å². The number of hydrogen-bond donors (Lipinski definition) is 3. The predicted molar refractivity (Wildman–Crippen MR) is 109 cm³/mol. The van der Waals surface area contributed by atoms with Crippen molar-refractivity contribution < 1.29 is 37.4 Å². The Morgan fingerprint density at radius 3 is 2.31 bits per heavy atom. The number of hydrogen-bond acceptors (Lipinski definition) is 5. The molecule has 0 bridgehead atoms. The molecule has 1 aromatic carbocycles. The number of rotatable bonds is 4. The summed E-state index contributed by atoms with van der Waals surface area (Å²) in [5.74, 6) is -2.77. The molecule has 0 aliphatic carbocycles. The van der Waals surface area contributed by atoms with Crippen LogP contribution in [0.5, 0.6) is 0 Å². The van der Waals surface area contributed by atoms with Gasteiger partial charge in [0.1, 0.15) is 6.04 Å². The van der Waals surface area contributed by atoms with Gasteiger partial charge in [-0.2, -0.15) is 13.2 Å². The number of methoxy groups -OCH3 is 1. The molecule has 2 fully saturated rings. The molecule has 8 nitrogen and oxygen atoms in total. The topological polar surface area (TPSA) is 108 Å². The highest BCUT2D eigenvalue weighted by Crippen LogP contribution is 2.38. The Morgan fingerprint density at radius 2 is 1.78 bits per heavy atom. The number of aliphatic carboxylic acids is 1. The number of halogens is 3. The molecule has 2 aliphatic heterocycles. The van der Waals surface area contributed by atoms with Gasteiger partial charge >= 0.3 is 18.2 Å². The molecular formula is C21H28F3N3O5. The molecule has 0 radical (unpaired) electrons. The Labute approximate surface area is 184 Å². The van der Waals surface area contributed by atoms with E-state index in [1.54, 1.807) is 0 Å². The highest BCUT2D eigenvalue weighted by molar-refractivity contribution is 5.86. The first-order chi connectivity index (χ1) is 15.1. The maximum atomic E-state index is 13.1. The van der Waals surface area contributed by atoms with Crippen LogP contribution in [0, 0.1) is 5.41 Å². The van der Waals surface area contributed by atoms with Gasteiger partial charge in [0, 0.05) is 19.5 Å². The smallest absolute Gasteiger partial charge is 0.475 e. The number of carboxylic acid groups (broad SMARTS) is 1. The maximum Gasteiger partial charge on any atom is 0.490 e. The summed E-state index contributed by atoms with van der Waals surface area (Å²) in [6.07, 6.45) is -1.89. The molecule has 1 aromatic rings. The zero-order valence-corrected chi connectivity index (χ0v) is 17.8. The molecular weight excluding hydrogens is 431 g/mol. The zero-order valence-electron chi connectivity index (χ0n) is 17.8. The number of ether oxygens (including phenoxy) is 1. The Bertz CT molecular complexity index is 783. The van der Waals surface area contributed by atoms with Crippen LogP contribution in [0.2, 0.25) is 0 Å². The summed E-state index contributed by atoms with van der Waals surface area (Å²) >= 11 is 0. The van der Waals surface area contributed by atoms with Crippen molar-refractivity contribution in [2.75, 3.05) is 33.3 Å². The SMILES string of the molecule is COC(=O)NC(Cc1ccccc1)C(=O)N1CCC2(CCNCC2)C1.O=C(O)C(F)(F)F. The number of benzene rings is 1. The summed E-state index contributed by atoms with van der Waals surface area (Å²) in [6.45, 7) is 3.61. The van der Waals surface area contributed by atoms with Crippen molar-refractivity contribution in [1.29, 1.82) is 0 Å². The number of nitrogens with zero attached hydrogens (tertiary/aromatic N) is 1. The summed E-state index contributed by atoms with van der Waals surface area (Å²) < 4.78 is 36.4. The lowest BCUT2D eigenvalue weighted by atomic mass is 9.78. The van der Waals surface area contributed by atoms with E-state index in [0.717, 1.165) is 51.0 Å². The molecule has 2 heterocycles. The maximum absolute atomic E-state index is 13.1. The Hall–Kier alpha value is -2.82. The van der Waals surface area contributed by atoms with Gasteiger partial charge in [-0.25, -0.2) is 9.59 Å². The number of carbonyl (C=O) groups is 3. The van der Waals surface area contributed by atoms with Gasteiger partial charge in [-0.1, -0.05) is 30.3 Å². The fourth-order valence-corrected chi connectivity index (χ4v) is 3.96. The lowest BCUT2D eigenvalue weighted by Gasteiger charge is -2.34. The third-order valence-electron chi connectivity index (χ3n) is 5.71. The lowest BCUT2D eigenvalue weighted by Crippen LogP contribution is -2.50. The van der Waals surface area contributed by atoms with Gasteiger partial charge < -0.3 is 25.4 Å². The number of alkyl carbamates (subject to hydrolysis) is 1. The Morgan fingerprint density at radius 1 is 1.19 bits per heavy atom. The molecule has 2 aliphatic rings. The van der Waals surface area contributed by atoms with E-state index in [9.17, 15) is 22.8 Å². The first kappa shape index (κ1) is 25.4. The van der Waals surface area contributed by atoms with Crippen LogP contribution in [-0.4, -0.2) is 73.5 Å². The van der Waals surface area contributed by atoms with E-state index in [4.69, 9.17) is 14.6 Å². The van der Waals surface area contributed by atoms with E-state index in [1.165, 1.54) is 7.11 Å². The van der Waals surface area contributed by atoms with E-state index in [-0.39, 0.29) is 11.3 Å². The van der Waals surface area contributed by atoms with Crippen LogP contribution in [0.4, 0.5) is 18.0 Å². The van der Waals surface area contributed by atoms with Crippen LogP contribution in [0.15, 0.2) is 30.3 Å². The predicted octanol–water partition coefficient (Wildman–Crippen LogP) is 2.19. The van der Waals surface area contributed by atoms with Crippen molar-refractivity contribution in [2.45, 2.75) is 37.9 Å². The van der Waals surface area contributed by atoms with E-state index in [2.05, 4.69) is 10.6 Å². The number of carboxylic acids is 1. The summed E-state index contributed by atoms with van der Waals surface area (Å²) in [6, 6.07) is 9.17. The number of likely N-dealkylation sites (tertiary alicyclic amines) is 1. The molecule has 1 atom stereocenters. The Balaban J connectivity index is 0.000000451. The van der Waals surface area contributed by atoms with Gasteiger partial charge in [0.2, 0.25) is 5.91 Å². The molecule has 3 rings (SSSR count). The van der Waals surface area contributed by atoms with Crippen LogP contribution in [0.25, 0.3) is 0 Å². The zero-order chi connectivity index (χ0) is 23.8. The van der Waals surface area contributed by atoms with Gasteiger partial charge in [0.25, 0.3) is 0 Å². The van der Waals surface area contributed by atoms with Crippen molar-refractivity contribution in [3.63, 3.8) is 0 Å². The molecule has 2 saturated heterocycles. The highest BCUT2D eigenvalue weighted by atomic mass is 19.4. The molecule has 2 amide bonds. The van der Waals surface area contributed by atoms with Gasteiger partial charge in [-0.3, -0.25) is 4.79 Å². The second kappa shape index (κ2) is 11.2. The summed E-state index contributed by atoms with van der Waals surface area (Å²) in [5, 5.41) is 13.2. The lowest BCUT2D eigenvalue weighted by molar-refractivity contribution is -0.192. The standard InChI is InChI=1S/C19H27N3O3.C2HF3O2/c1-25-18(24)21-16(13-15-5-3-2-4-6-15)17(23)22-12-9-19(14-22)7-10-20-11-8-19;3-2(4,5)1(6)7/h2-6,16,20H,7-14H2,1H3,(H,21,24);(H,6,7). The fourth-order valence-electron chi connectivity index (χ4n) is 3.96. The Kier molecular flexibility index (Phi) is 8.88. The van der Waals surface area contributed by atoms with E-state index in [0.29, 0.717) is 6.42 Å². The van der Waals surface area contributed by atoms with Crippen LogP contribution in [0.1, 0.15) is 24.8 Å². The van der Waals surface area contributed by atoms with E-state index >= 15 is 0 Å². The van der Waals surface area contributed by atoms with Gasteiger partial charge in [0.05, 0.1) is 7.11 Å². The first-order valence-corrected chi connectivity index (χ1v) is 10.2. The highest BCUT2D eigenvalue weighted by Gasteiger charge is 2.42. The summed E-state index contributed by atoms with van der Waals surface area (Å²) in [4.78, 5) is 35.6. The van der Waals surface area contributed by atoms with Gasteiger partial charge in [0.15, 0.2) is 0 Å². The average molecular weight is 459 g/mol. The fraction of sp³-hybridized carbons (Fsp3) is 0.571. The van der Waals surface area contributed by atoms with E-state index < -0.39 is 24.3 Å². The largest absolute Gasteiger partial charge is 0.490 e. The molecule has 1 spiro atoms. The second-order valence-corrected chi connectivity index (χ2v) is 7.94. The molecule has 0 aromatic heterocycles. The third-order valence-corrected chi connectivity index (χ3v) is 5.71. The van der Waals surface area contributed by atoms with Crippen LogP contribution < -0.4 is 10.6 Å². The number of nitrogens with one attached hydrogen (secondary N) is 2. The average Bonchev–Trinajstić information content (AvgIpc) is 3.16. The number of amides is 2. The molecule has 32 heavy (non-hydrogen) atoms. The van der Waals surface area contributed by atoms with Crippen molar-refractivity contribution in [3.05, 3.63) is 35.9 Å². The minimum atomic E-state index is -5.08. The molecule has 178 valence electrons. The van der Waals surface area contributed by atoms with Crippen LogP contribution >= 0.6 is 0 Å². The van der Waals surface area contributed by atoms with Crippen LogP contribution in [-0.2, 0) is 20.7 Å². The number of alkyl halides is 3. The third kappa shape index (κ3) is 7.40. The molecule has 1 unspecified atom stereocenters. The van der Waals surface area contributed by atoms with Crippen LogP contribution in [0.3, 0.4) is 0 Å². The quantitative estimate of drug-likeness (QED) is 0.637.